The molecule has 0 fully saturated rings. The number of nitrogens with one attached hydrogen (secondary N) is 1. The molecular formula is C22H20N2O3. The summed E-state index contributed by atoms with van der Waals surface area (Å²) in [6, 6.07) is 16.8. The largest absolute Gasteiger partial charge is 0.493 e. The van der Waals surface area contributed by atoms with Crippen molar-refractivity contribution in [2.45, 2.75) is 6.92 Å². The van der Waals surface area contributed by atoms with E-state index in [9.17, 15) is 4.79 Å². The fourth-order valence-electron chi connectivity index (χ4n) is 2.58. The highest BCUT2D eigenvalue weighted by molar-refractivity contribution is 5.97. The number of ether oxygens (including phenoxy) is 2. The van der Waals surface area contributed by atoms with Crippen LogP contribution in [-0.2, 0) is 0 Å². The van der Waals surface area contributed by atoms with E-state index in [1.54, 1.807) is 24.4 Å². The highest BCUT2D eigenvalue weighted by atomic mass is 16.5. The van der Waals surface area contributed by atoms with Crippen molar-refractivity contribution in [1.29, 1.82) is 0 Å². The van der Waals surface area contributed by atoms with E-state index < -0.39 is 0 Å². The third-order valence-electron chi connectivity index (χ3n) is 3.79. The van der Waals surface area contributed by atoms with Crippen molar-refractivity contribution in [3.05, 3.63) is 66.4 Å². The Balaban J connectivity index is 1.52. The molecule has 1 amide bonds. The molecule has 0 bridgehead atoms. The van der Waals surface area contributed by atoms with E-state index in [0.717, 1.165) is 10.9 Å². The fourth-order valence-corrected chi connectivity index (χ4v) is 2.58. The van der Waals surface area contributed by atoms with Crippen LogP contribution in [0.25, 0.3) is 10.9 Å². The maximum Gasteiger partial charge on any atom is 0.255 e. The topological polar surface area (TPSA) is 60.5 Å². The van der Waals surface area contributed by atoms with E-state index in [4.69, 9.17) is 9.47 Å². The summed E-state index contributed by atoms with van der Waals surface area (Å²) >= 11 is 0. The summed E-state index contributed by atoms with van der Waals surface area (Å²) in [5.74, 6) is 6.83. The monoisotopic (exact) mass is 360 g/mol. The van der Waals surface area contributed by atoms with Gasteiger partial charge in [-0.1, -0.05) is 42.2 Å². The van der Waals surface area contributed by atoms with Crippen LogP contribution in [0.15, 0.2) is 60.8 Å². The van der Waals surface area contributed by atoms with Crippen LogP contribution in [0.2, 0.25) is 0 Å². The summed E-state index contributed by atoms with van der Waals surface area (Å²) < 4.78 is 11.2. The molecule has 0 aliphatic carbocycles. The van der Waals surface area contributed by atoms with Crippen molar-refractivity contribution in [3.63, 3.8) is 0 Å². The van der Waals surface area contributed by atoms with Crippen LogP contribution in [-0.4, -0.2) is 30.6 Å². The number of para-hydroxylation sites is 2. The average Bonchev–Trinajstić information content (AvgIpc) is 2.71. The molecule has 0 atom stereocenters. The highest BCUT2D eigenvalue weighted by Crippen LogP contribution is 2.22. The quantitative estimate of drug-likeness (QED) is 0.684. The van der Waals surface area contributed by atoms with E-state index >= 15 is 0 Å². The standard InChI is InChI=1S/C22H20N2O3/c1-2-26-19-12-4-3-11-18(19)22(25)24-14-5-6-16-27-20-13-7-9-17-10-8-15-23-21(17)20/h3-4,7-13,15H,2,14,16H2,1H3,(H,24,25). The number of carbonyl (C=O) groups is 1. The molecule has 0 aliphatic heterocycles. The van der Waals surface area contributed by atoms with E-state index in [0.29, 0.717) is 23.7 Å². The molecule has 1 N–H and O–H groups in total. The molecule has 0 spiro atoms. The highest BCUT2D eigenvalue weighted by Gasteiger charge is 2.10. The number of aromatic nitrogens is 1. The number of nitrogens with zero attached hydrogens (tertiary/aromatic N) is 1. The normalized spacial score (nSPS) is 9.96. The Morgan fingerprint density at radius 2 is 1.81 bits per heavy atom. The molecule has 27 heavy (non-hydrogen) atoms. The molecule has 5 nitrogen and oxygen atoms in total. The summed E-state index contributed by atoms with van der Waals surface area (Å²) in [6.07, 6.45) is 1.73. The lowest BCUT2D eigenvalue weighted by atomic mass is 10.2. The summed E-state index contributed by atoms with van der Waals surface area (Å²) in [5.41, 5.74) is 1.31. The third-order valence-corrected chi connectivity index (χ3v) is 3.79. The zero-order chi connectivity index (χ0) is 18.9. The van der Waals surface area contributed by atoms with Gasteiger partial charge in [0, 0.05) is 11.6 Å². The predicted molar refractivity (Wildman–Crippen MR) is 105 cm³/mol. The molecule has 0 radical (unpaired) electrons. The number of hydrogen-bond acceptors (Lipinski definition) is 4. The van der Waals surface area contributed by atoms with Gasteiger partial charge < -0.3 is 14.8 Å². The molecule has 136 valence electrons. The maximum absolute atomic E-state index is 12.2. The molecule has 0 aliphatic rings. The Morgan fingerprint density at radius 1 is 1.00 bits per heavy atom. The molecule has 2 aromatic carbocycles. The molecule has 1 heterocycles. The van der Waals surface area contributed by atoms with Gasteiger partial charge in [0.1, 0.15) is 23.6 Å². The first-order valence-corrected chi connectivity index (χ1v) is 8.72. The van der Waals surface area contributed by atoms with Gasteiger partial charge >= 0.3 is 0 Å². The zero-order valence-corrected chi connectivity index (χ0v) is 15.1. The summed E-state index contributed by atoms with van der Waals surface area (Å²) in [6.45, 7) is 2.84. The van der Waals surface area contributed by atoms with Crippen molar-refractivity contribution in [2.24, 2.45) is 0 Å². The average molecular weight is 360 g/mol. The molecule has 3 aromatic rings. The van der Waals surface area contributed by atoms with Gasteiger partial charge in [0.15, 0.2) is 0 Å². The summed E-state index contributed by atoms with van der Waals surface area (Å²) in [4.78, 5) is 16.6. The van der Waals surface area contributed by atoms with Gasteiger partial charge in [0.25, 0.3) is 5.91 Å². The summed E-state index contributed by atoms with van der Waals surface area (Å²) in [5, 5.41) is 3.78. The van der Waals surface area contributed by atoms with Crippen LogP contribution in [0.3, 0.4) is 0 Å². The fraction of sp³-hybridized carbons (Fsp3) is 0.182. The molecule has 0 saturated heterocycles. The van der Waals surface area contributed by atoms with Gasteiger partial charge in [-0.2, -0.15) is 0 Å². The number of benzene rings is 2. The second kappa shape index (κ2) is 9.25. The van der Waals surface area contributed by atoms with Crippen LogP contribution < -0.4 is 14.8 Å². The Kier molecular flexibility index (Phi) is 6.26. The van der Waals surface area contributed by atoms with E-state index in [1.807, 2.05) is 43.3 Å². The number of fused-ring (bicyclic) bond motifs is 1. The SMILES string of the molecule is CCOc1ccccc1C(=O)NCC#CCOc1cccc2cccnc12. The summed E-state index contributed by atoms with van der Waals surface area (Å²) in [7, 11) is 0. The lowest BCUT2D eigenvalue weighted by Crippen LogP contribution is -2.24. The van der Waals surface area contributed by atoms with Gasteiger partial charge in [0.05, 0.1) is 18.7 Å². The minimum absolute atomic E-state index is 0.215. The van der Waals surface area contributed by atoms with Gasteiger partial charge in [-0.25, -0.2) is 0 Å². The minimum atomic E-state index is -0.215. The van der Waals surface area contributed by atoms with Crippen molar-refractivity contribution in [2.75, 3.05) is 19.8 Å². The van der Waals surface area contributed by atoms with Gasteiger partial charge in [-0.3, -0.25) is 9.78 Å². The third kappa shape index (κ3) is 4.77. The molecule has 3 rings (SSSR count). The smallest absolute Gasteiger partial charge is 0.255 e. The zero-order valence-electron chi connectivity index (χ0n) is 15.1. The van der Waals surface area contributed by atoms with E-state index in [2.05, 4.69) is 22.1 Å². The molecule has 1 aromatic heterocycles. The lowest BCUT2D eigenvalue weighted by molar-refractivity contribution is 0.0955. The number of rotatable bonds is 6. The van der Waals surface area contributed by atoms with E-state index in [-0.39, 0.29) is 19.1 Å². The van der Waals surface area contributed by atoms with Crippen LogP contribution in [0.5, 0.6) is 11.5 Å². The Morgan fingerprint density at radius 3 is 2.70 bits per heavy atom. The van der Waals surface area contributed by atoms with Crippen molar-refractivity contribution < 1.29 is 14.3 Å². The number of amides is 1. The van der Waals surface area contributed by atoms with Crippen LogP contribution >= 0.6 is 0 Å². The number of carbonyl (C=O) groups excluding carboxylic acids is 1. The number of hydrogen-bond donors (Lipinski definition) is 1. The first-order valence-electron chi connectivity index (χ1n) is 8.72. The van der Waals surface area contributed by atoms with Gasteiger partial charge in [-0.05, 0) is 31.2 Å². The second-order valence-electron chi connectivity index (χ2n) is 5.59. The van der Waals surface area contributed by atoms with E-state index in [1.165, 1.54) is 0 Å². The van der Waals surface area contributed by atoms with Crippen LogP contribution in [0.1, 0.15) is 17.3 Å². The van der Waals surface area contributed by atoms with Crippen molar-refractivity contribution >= 4 is 16.8 Å². The molecular weight excluding hydrogens is 340 g/mol. The number of pyridine rings is 1. The van der Waals surface area contributed by atoms with Crippen LogP contribution in [0.4, 0.5) is 0 Å². The first-order chi connectivity index (χ1) is 13.3. The van der Waals surface area contributed by atoms with Gasteiger partial charge in [0.2, 0.25) is 0 Å². The Labute approximate surface area is 158 Å². The second-order valence-corrected chi connectivity index (χ2v) is 5.59. The predicted octanol–water partition coefficient (Wildman–Crippen LogP) is 3.45. The van der Waals surface area contributed by atoms with Gasteiger partial charge in [-0.15, -0.1) is 0 Å². The molecule has 0 unspecified atom stereocenters. The first kappa shape index (κ1) is 18.3. The van der Waals surface area contributed by atoms with Crippen molar-refractivity contribution in [1.82, 2.24) is 10.3 Å². The Bertz CT molecular complexity index is 984. The maximum atomic E-state index is 12.2. The lowest BCUT2D eigenvalue weighted by Gasteiger charge is -2.08. The minimum Gasteiger partial charge on any atom is -0.493 e. The Hall–Kier alpha value is -3.52. The molecule has 0 saturated carbocycles. The van der Waals surface area contributed by atoms with Crippen LogP contribution in [0, 0.1) is 11.8 Å². The molecule has 5 heteroatoms. The van der Waals surface area contributed by atoms with Crippen molar-refractivity contribution in [3.8, 4) is 23.3 Å².